The van der Waals surface area contributed by atoms with Crippen molar-refractivity contribution in [1.29, 1.82) is 10.5 Å². The standard InChI is InChI=1S/C18H18N3O8P.C18H17N3O5.C3H9O4P/c19-8-11-3-5-13(6-4-11)20-17(24)12-2-1-7-21(9-12)18-16(23)15(22)14(29-18)10-28-30(25,26)27;19-8-11-3-5-13(6-4-11)20-17(25)12-2-1-7-21(9-12)18-16(24)15(23)14(10-22)26-18;1-5-8(4,6-2)7-3/h1-7,9,14-16,18,22-23H,10H2,(H2-,20,24,25,26,27);1-7,9,14-16,18,22-24H,10H2;1-3H3/p+1/t2*14-,15-,16-,18-;/m11./s1. The first-order chi connectivity index (χ1) is 30.4. The molecule has 2 saturated heterocycles. The van der Waals surface area contributed by atoms with Crippen molar-refractivity contribution < 1.29 is 90.7 Å². The summed E-state index contributed by atoms with van der Waals surface area (Å²) in [5, 5.41) is 72.4. The largest absolute Gasteiger partial charge is 0.756 e. The van der Waals surface area contributed by atoms with Gasteiger partial charge in [-0.05, 0) is 60.7 Å². The molecular formula is C39H45N6O17P2+. The van der Waals surface area contributed by atoms with Gasteiger partial charge >= 0.3 is 7.82 Å². The minimum absolute atomic E-state index is 0.214. The number of rotatable bonds is 13. The molecule has 8 N–H and O–H groups in total. The van der Waals surface area contributed by atoms with Crippen molar-refractivity contribution in [2.24, 2.45) is 0 Å². The predicted molar refractivity (Wildman–Crippen MR) is 215 cm³/mol. The fourth-order valence-electron chi connectivity index (χ4n) is 5.86. The van der Waals surface area contributed by atoms with Crippen LogP contribution in [0, 0.1) is 22.7 Å². The van der Waals surface area contributed by atoms with Crippen LogP contribution in [0.1, 0.15) is 44.3 Å². The van der Waals surface area contributed by atoms with Crippen molar-refractivity contribution in [3.8, 4) is 12.1 Å². The van der Waals surface area contributed by atoms with Crippen molar-refractivity contribution in [1.82, 2.24) is 0 Å². The number of aromatic nitrogens is 2. The summed E-state index contributed by atoms with van der Waals surface area (Å²) in [5.74, 6) is -0.842. The minimum Gasteiger partial charge on any atom is -0.756 e. The number of aliphatic hydroxyl groups is 5. The third-order valence-corrected chi connectivity index (χ3v) is 11.0. The maximum Gasteiger partial charge on any atom is 0.473 e. The Kier molecular flexibility index (Phi) is 18.8. The normalized spacial score (nSPS) is 23.4. The fraction of sp³-hybridized carbons (Fsp3) is 0.333. The highest BCUT2D eigenvalue weighted by Crippen LogP contribution is 2.46. The van der Waals surface area contributed by atoms with Gasteiger partial charge in [-0.15, -0.1) is 0 Å². The molecule has 23 nitrogen and oxygen atoms in total. The summed E-state index contributed by atoms with van der Waals surface area (Å²) in [6.07, 6.45) is -3.55. The lowest BCUT2D eigenvalue weighted by atomic mass is 10.1. The topological polar surface area (TPSA) is 348 Å². The molecule has 0 aliphatic carbocycles. The van der Waals surface area contributed by atoms with Crippen LogP contribution < -0.4 is 24.7 Å². The molecule has 4 heterocycles. The number of carbonyl (C=O) groups excluding carboxylic acids is 2. The van der Waals surface area contributed by atoms with E-state index in [4.69, 9.17) is 24.9 Å². The first-order valence-electron chi connectivity index (χ1n) is 18.6. The summed E-state index contributed by atoms with van der Waals surface area (Å²) in [5.41, 5.74) is 2.48. The number of anilines is 2. The van der Waals surface area contributed by atoms with E-state index in [-0.39, 0.29) is 11.5 Å². The predicted octanol–water partition coefficient (Wildman–Crippen LogP) is -0.0621. The average molecular weight is 932 g/mol. The number of nitriles is 2. The van der Waals surface area contributed by atoms with E-state index in [1.807, 2.05) is 12.1 Å². The van der Waals surface area contributed by atoms with Gasteiger partial charge in [0.1, 0.15) is 35.5 Å². The Bertz CT molecular complexity index is 2360. The molecule has 0 saturated carbocycles. The number of amides is 2. The Hall–Kier alpha value is -5.40. The van der Waals surface area contributed by atoms with E-state index in [9.17, 15) is 49.1 Å². The van der Waals surface area contributed by atoms with Crippen LogP contribution in [0.15, 0.2) is 97.6 Å². The molecule has 2 fully saturated rings. The summed E-state index contributed by atoms with van der Waals surface area (Å²) in [6.45, 7) is -1.11. The van der Waals surface area contributed by atoms with Crippen LogP contribution in [0.4, 0.5) is 11.4 Å². The minimum atomic E-state index is -5.02. The van der Waals surface area contributed by atoms with Gasteiger partial charge in [0, 0.05) is 44.8 Å². The molecule has 2 aliphatic rings. The van der Waals surface area contributed by atoms with E-state index in [1.54, 1.807) is 66.9 Å². The highest BCUT2D eigenvalue weighted by atomic mass is 31.2. The number of benzene rings is 2. The first kappa shape index (κ1) is 51.2. The molecule has 0 spiro atoms. The smallest absolute Gasteiger partial charge is 0.473 e. The third-order valence-electron chi connectivity index (χ3n) is 9.23. The van der Waals surface area contributed by atoms with Crippen LogP contribution in [0.2, 0.25) is 0 Å². The number of carbonyl (C=O) groups is 2. The molecule has 342 valence electrons. The number of hydrogen-bond donors (Lipinski definition) is 8. The molecule has 25 heteroatoms. The van der Waals surface area contributed by atoms with E-state index in [1.165, 1.54) is 61.2 Å². The second-order valence-electron chi connectivity index (χ2n) is 13.4. The lowest BCUT2D eigenvalue weighted by Gasteiger charge is -2.19. The SMILES string of the molecule is COP(=O)(OC)OC.N#Cc1ccc(NC(=O)c2ccc[n+]([C@@H]3O[C@H](CO)[C@@H](O)[C@H]3O)c2)cc1.N#Cc1ccc(NC(=O)c2ccc[n+]([C@@H]3O[C@H](COP(=O)([O-])O)[C@@H](O)[C@H]3O)c2)cc1. The molecule has 0 bridgehead atoms. The van der Waals surface area contributed by atoms with E-state index in [0.717, 1.165) is 0 Å². The van der Waals surface area contributed by atoms with E-state index >= 15 is 0 Å². The van der Waals surface area contributed by atoms with Gasteiger partial charge in [-0.3, -0.25) is 27.7 Å². The molecule has 2 aliphatic heterocycles. The number of phosphoric ester groups is 2. The van der Waals surface area contributed by atoms with Crippen LogP contribution in [-0.4, -0.2) is 113 Å². The lowest BCUT2D eigenvalue weighted by molar-refractivity contribution is -0.766. The number of phosphoric acid groups is 2. The van der Waals surface area contributed by atoms with Crippen molar-refractivity contribution in [2.45, 2.75) is 49.1 Å². The molecule has 0 radical (unpaired) electrons. The molecule has 4 aromatic rings. The zero-order chi connectivity index (χ0) is 47.2. The number of nitrogens with one attached hydrogen (secondary N) is 2. The summed E-state index contributed by atoms with van der Waals surface area (Å²) < 4.78 is 52.4. The van der Waals surface area contributed by atoms with E-state index < -0.39 is 83.8 Å². The summed E-state index contributed by atoms with van der Waals surface area (Å²) >= 11 is 0. The maximum atomic E-state index is 12.5. The monoisotopic (exact) mass is 931 g/mol. The Morgan fingerprint density at radius 2 is 1.09 bits per heavy atom. The van der Waals surface area contributed by atoms with Crippen LogP contribution in [0.3, 0.4) is 0 Å². The van der Waals surface area contributed by atoms with Gasteiger partial charge in [-0.1, -0.05) is 0 Å². The van der Waals surface area contributed by atoms with Gasteiger partial charge < -0.3 is 60.0 Å². The summed E-state index contributed by atoms with van der Waals surface area (Å²) in [4.78, 5) is 44.3. The van der Waals surface area contributed by atoms with Crippen LogP contribution in [0.25, 0.3) is 0 Å². The number of pyridine rings is 2. The van der Waals surface area contributed by atoms with Crippen molar-refractivity contribution in [3.05, 3.63) is 120 Å². The van der Waals surface area contributed by atoms with Gasteiger partial charge in [0.25, 0.3) is 32.1 Å². The van der Waals surface area contributed by atoms with Crippen LogP contribution in [-0.2, 0) is 36.7 Å². The van der Waals surface area contributed by atoms with Crippen LogP contribution in [0.5, 0.6) is 0 Å². The van der Waals surface area contributed by atoms with Gasteiger partial charge in [0.05, 0.1) is 36.5 Å². The maximum absolute atomic E-state index is 12.5. The molecule has 1 unspecified atom stereocenters. The Morgan fingerprint density at radius 3 is 1.42 bits per heavy atom. The molecule has 64 heavy (non-hydrogen) atoms. The van der Waals surface area contributed by atoms with Gasteiger partial charge in [-0.2, -0.15) is 19.7 Å². The van der Waals surface area contributed by atoms with Crippen molar-refractivity contribution >= 4 is 38.8 Å². The summed E-state index contributed by atoms with van der Waals surface area (Å²) in [6, 6.07) is 22.9. The Balaban J connectivity index is 0.000000242. The number of ether oxygens (including phenoxy) is 2. The van der Waals surface area contributed by atoms with E-state index in [0.29, 0.717) is 28.1 Å². The average Bonchev–Trinajstić information content (AvgIpc) is 3.77. The molecule has 2 aromatic carbocycles. The molecule has 2 aromatic heterocycles. The molecule has 9 atom stereocenters. The zero-order valence-electron chi connectivity index (χ0n) is 34.1. The molecule has 6 rings (SSSR count). The van der Waals surface area contributed by atoms with Crippen molar-refractivity contribution in [3.63, 3.8) is 0 Å². The zero-order valence-corrected chi connectivity index (χ0v) is 35.9. The number of nitrogens with zero attached hydrogens (tertiary/aromatic N) is 4. The second-order valence-corrected chi connectivity index (χ2v) is 16.6. The summed E-state index contributed by atoms with van der Waals surface area (Å²) in [7, 11) is -4.40. The van der Waals surface area contributed by atoms with Crippen LogP contribution >= 0.6 is 15.6 Å². The second kappa shape index (κ2) is 23.5. The van der Waals surface area contributed by atoms with Gasteiger partial charge in [-0.25, -0.2) is 4.57 Å². The highest BCUT2D eigenvalue weighted by Gasteiger charge is 2.49. The van der Waals surface area contributed by atoms with E-state index in [2.05, 4.69) is 28.7 Å². The van der Waals surface area contributed by atoms with Gasteiger partial charge in [0.2, 0.25) is 0 Å². The quantitative estimate of drug-likeness (QED) is 0.0643. The third kappa shape index (κ3) is 14.0. The molecule has 2 amide bonds. The number of aliphatic hydroxyl groups excluding tert-OH is 5. The lowest BCUT2D eigenvalue weighted by Crippen LogP contribution is -2.46. The highest BCUT2D eigenvalue weighted by molar-refractivity contribution is 7.48. The Labute approximate surface area is 365 Å². The number of hydrogen-bond acceptors (Lipinski definition) is 18. The molecular weight excluding hydrogens is 886 g/mol. The Morgan fingerprint density at radius 1 is 0.703 bits per heavy atom. The first-order valence-corrected chi connectivity index (χ1v) is 21.6. The fourth-order valence-corrected chi connectivity index (χ4v) is 6.65. The van der Waals surface area contributed by atoms with Gasteiger partial charge in [0.15, 0.2) is 37.0 Å². The van der Waals surface area contributed by atoms with Crippen molar-refractivity contribution in [2.75, 3.05) is 45.2 Å².